The summed E-state index contributed by atoms with van der Waals surface area (Å²) in [7, 11) is 0. The zero-order valence-electron chi connectivity index (χ0n) is 15.7. The number of carbonyl (C=O) groups excluding carboxylic acids is 1. The van der Waals surface area contributed by atoms with Crippen LogP contribution in [-0.2, 0) is 11.2 Å². The second kappa shape index (κ2) is 13.0. The molecule has 146 valence electrons. The number of aromatic nitrogens is 2. The van der Waals surface area contributed by atoms with Crippen LogP contribution in [0.4, 0.5) is 5.82 Å². The number of guanidine groups is 1. The van der Waals surface area contributed by atoms with E-state index in [2.05, 4.69) is 30.9 Å². The highest BCUT2D eigenvalue weighted by Gasteiger charge is 2.04. The Labute approximate surface area is 177 Å². The average molecular weight is 482 g/mol. The molecule has 0 saturated heterocycles. The SMILES string of the molecule is CCNC(=NCCC(=O)Nc1ccc(C)cn1)NCCc1ccccn1.I. The van der Waals surface area contributed by atoms with Crippen LogP contribution in [-0.4, -0.2) is 41.5 Å². The Morgan fingerprint density at radius 1 is 1.15 bits per heavy atom. The number of carbonyl (C=O) groups is 1. The summed E-state index contributed by atoms with van der Waals surface area (Å²) in [6.45, 7) is 5.84. The first-order valence-electron chi connectivity index (χ1n) is 8.82. The lowest BCUT2D eigenvalue weighted by Crippen LogP contribution is -2.38. The first-order chi connectivity index (χ1) is 12.7. The molecule has 2 heterocycles. The Morgan fingerprint density at radius 3 is 2.67 bits per heavy atom. The van der Waals surface area contributed by atoms with Gasteiger partial charge in [0.1, 0.15) is 5.82 Å². The van der Waals surface area contributed by atoms with Crippen LogP contribution in [0.25, 0.3) is 0 Å². The highest BCUT2D eigenvalue weighted by Crippen LogP contribution is 2.04. The summed E-state index contributed by atoms with van der Waals surface area (Å²) in [5.74, 6) is 1.16. The van der Waals surface area contributed by atoms with E-state index in [9.17, 15) is 4.79 Å². The standard InChI is InChI=1S/C19H26N6O.HI/c1-3-20-19(22-12-9-16-6-4-5-11-21-16)23-13-10-18(26)25-17-8-7-15(2)14-24-17;/h4-8,11,14H,3,9-10,12-13H2,1-2H3,(H2,20,22,23)(H,24,25,26);1H. The van der Waals surface area contributed by atoms with Gasteiger partial charge in [-0.25, -0.2) is 4.98 Å². The van der Waals surface area contributed by atoms with E-state index >= 15 is 0 Å². The van der Waals surface area contributed by atoms with Crippen LogP contribution in [0.5, 0.6) is 0 Å². The molecule has 0 spiro atoms. The molecule has 0 atom stereocenters. The van der Waals surface area contributed by atoms with E-state index in [1.54, 1.807) is 18.5 Å². The number of hydrogen-bond acceptors (Lipinski definition) is 4. The molecule has 7 nitrogen and oxygen atoms in total. The quantitative estimate of drug-likeness (QED) is 0.306. The fraction of sp³-hybridized carbons (Fsp3) is 0.368. The molecule has 0 saturated carbocycles. The zero-order chi connectivity index (χ0) is 18.6. The number of halogens is 1. The summed E-state index contributed by atoms with van der Waals surface area (Å²) in [5.41, 5.74) is 2.08. The third-order valence-corrected chi connectivity index (χ3v) is 3.53. The maximum atomic E-state index is 12.0. The normalized spacial score (nSPS) is 10.7. The second-order valence-corrected chi connectivity index (χ2v) is 5.78. The van der Waals surface area contributed by atoms with Gasteiger partial charge in [-0.05, 0) is 37.6 Å². The molecule has 1 amide bonds. The van der Waals surface area contributed by atoms with Crippen LogP contribution in [0.2, 0.25) is 0 Å². The van der Waals surface area contributed by atoms with Crippen LogP contribution < -0.4 is 16.0 Å². The largest absolute Gasteiger partial charge is 0.357 e. The van der Waals surface area contributed by atoms with E-state index in [0.29, 0.717) is 24.7 Å². The third kappa shape index (κ3) is 9.32. The summed E-state index contributed by atoms with van der Waals surface area (Å²) in [5, 5.41) is 9.20. The van der Waals surface area contributed by atoms with Crippen molar-refractivity contribution in [2.24, 2.45) is 4.99 Å². The molecule has 0 radical (unpaired) electrons. The number of nitrogens with one attached hydrogen (secondary N) is 3. The van der Waals surface area contributed by atoms with Crippen LogP contribution in [0.1, 0.15) is 24.6 Å². The Morgan fingerprint density at radius 2 is 2.00 bits per heavy atom. The molecule has 0 bridgehead atoms. The van der Waals surface area contributed by atoms with Crippen molar-refractivity contribution >= 4 is 41.7 Å². The Hall–Kier alpha value is -2.23. The molecule has 8 heteroatoms. The number of anilines is 1. The van der Waals surface area contributed by atoms with Crippen molar-refractivity contribution in [2.45, 2.75) is 26.7 Å². The molecule has 2 aromatic rings. The van der Waals surface area contributed by atoms with Crippen molar-refractivity contribution in [1.29, 1.82) is 0 Å². The van der Waals surface area contributed by atoms with Crippen LogP contribution in [0, 0.1) is 6.92 Å². The van der Waals surface area contributed by atoms with Crippen molar-refractivity contribution in [2.75, 3.05) is 25.0 Å². The summed E-state index contributed by atoms with van der Waals surface area (Å²) in [4.78, 5) is 24.9. The molecule has 0 aliphatic carbocycles. The molecule has 0 aromatic carbocycles. The van der Waals surface area contributed by atoms with Crippen molar-refractivity contribution < 1.29 is 4.79 Å². The minimum absolute atomic E-state index is 0. The molecule has 0 aliphatic heterocycles. The summed E-state index contributed by atoms with van der Waals surface area (Å²) >= 11 is 0. The monoisotopic (exact) mass is 482 g/mol. The van der Waals surface area contributed by atoms with E-state index in [-0.39, 0.29) is 29.9 Å². The molecule has 0 fully saturated rings. The maximum Gasteiger partial charge on any atom is 0.227 e. The lowest BCUT2D eigenvalue weighted by atomic mass is 10.3. The van der Waals surface area contributed by atoms with Crippen molar-refractivity contribution in [3.63, 3.8) is 0 Å². The smallest absolute Gasteiger partial charge is 0.227 e. The number of hydrogen-bond donors (Lipinski definition) is 3. The van der Waals surface area contributed by atoms with Gasteiger partial charge in [-0.3, -0.25) is 14.8 Å². The first kappa shape index (κ1) is 22.8. The Kier molecular flexibility index (Phi) is 11.0. The highest BCUT2D eigenvalue weighted by atomic mass is 127. The highest BCUT2D eigenvalue weighted by molar-refractivity contribution is 14.0. The fourth-order valence-corrected chi connectivity index (χ4v) is 2.21. The molecule has 27 heavy (non-hydrogen) atoms. The Balaban J connectivity index is 0.00000364. The maximum absolute atomic E-state index is 12.0. The number of nitrogens with zero attached hydrogens (tertiary/aromatic N) is 3. The van der Waals surface area contributed by atoms with Gasteiger partial charge in [0.25, 0.3) is 0 Å². The average Bonchev–Trinajstić information content (AvgIpc) is 2.64. The predicted molar refractivity (Wildman–Crippen MR) is 120 cm³/mol. The van der Waals surface area contributed by atoms with Crippen molar-refractivity contribution in [1.82, 2.24) is 20.6 Å². The number of pyridine rings is 2. The first-order valence-corrected chi connectivity index (χ1v) is 8.82. The fourth-order valence-electron chi connectivity index (χ4n) is 2.21. The van der Waals surface area contributed by atoms with Gasteiger partial charge in [0, 0.05) is 44.0 Å². The van der Waals surface area contributed by atoms with Crippen molar-refractivity contribution in [3.05, 3.63) is 54.0 Å². The number of aryl methyl sites for hydroxylation is 1. The van der Waals surface area contributed by atoms with E-state index in [0.717, 1.165) is 30.8 Å². The second-order valence-electron chi connectivity index (χ2n) is 5.78. The van der Waals surface area contributed by atoms with Gasteiger partial charge >= 0.3 is 0 Å². The van der Waals surface area contributed by atoms with E-state index in [1.165, 1.54) is 0 Å². The molecule has 0 unspecified atom stereocenters. The van der Waals surface area contributed by atoms with Gasteiger partial charge < -0.3 is 16.0 Å². The van der Waals surface area contributed by atoms with Crippen LogP contribution in [0.15, 0.2) is 47.7 Å². The molecule has 0 aliphatic rings. The van der Waals surface area contributed by atoms with E-state index in [1.807, 2.05) is 38.1 Å². The van der Waals surface area contributed by atoms with Gasteiger partial charge in [-0.15, -0.1) is 24.0 Å². The minimum Gasteiger partial charge on any atom is -0.357 e. The molecular weight excluding hydrogens is 455 g/mol. The molecule has 3 N–H and O–H groups in total. The minimum atomic E-state index is -0.102. The number of rotatable bonds is 8. The number of amides is 1. The third-order valence-electron chi connectivity index (χ3n) is 3.53. The van der Waals surface area contributed by atoms with Crippen LogP contribution in [0.3, 0.4) is 0 Å². The zero-order valence-corrected chi connectivity index (χ0v) is 18.1. The summed E-state index contributed by atoms with van der Waals surface area (Å²) in [6.07, 6.45) is 4.62. The van der Waals surface area contributed by atoms with Crippen molar-refractivity contribution in [3.8, 4) is 0 Å². The number of aliphatic imine (C=N–C) groups is 1. The summed E-state index contributed by atoms with van der Waals surface area (Å²) < 4.78 is 0. The lowest BCUT2D eigenvalue weighted by Gasteiger charge is -2.11. The molecule has 2 aromatic heterocycles. The van der Waals surface area contributed by atoms with E-state index in [4.69, 9.17) is 0 Å². The Bertz CT molecular complexity index is 706. The van der Waals surface area contributed by atoms with E-state index < -0.39 is 0 Å². The lowest BCUT2D eigenvalue weighted by molar-refractivity contribution is -0.116. The van der Waals surface area contributed by atoms with Gasteiger partial charge in [-0.2, -0.15) is 0 Å². The predicted octanol–water partition coefficient (Wildman–Crippen LogP) is 2.53. The van der Waals surface area contributed by atoms with Gasteiger partial charge in [0.05, 0.1) is 6.54 Å². The van der Waals surface area contributed by atoms with Gasteiger partial charge in [0.15, 0.2) is 5.96 Å². The molecule has 2 rings (SSSR count). The topological polar surface area (TPSA) is 91.3 Å². The van der Waals surface area contributed by atoms with Gasteiger partial charge in [-0.1, -0.05) is 12.1 Å². The van der Waals surface area contributed by atoms with Crippen LogP contribution >= 0.6 is 24.0 Å². The molecular formula is C19H27IN6O. The summed E-state index contributed by atoms with van der Waals surface area (Å²) in [6, 6.07) is 9.58. The van der Waals surface area contributed by atoms with Gasteiger partial charge in [0.2, 0.25) is 5.91 Å².